The van der Waals surface area contributed by atoms with E-state index in [1.165, 1.54) is 6.42 Å². The summed E-state index contributed by atoms with van der Waals surface area (Å²) in [6, 6.07) is -0.00330. The molecule has 1 atom stereocenters. The predicted octanol–water partition coefficient (Wildman–Crippen LogP) is 1.85. The molecule has 1 aliphatic rings. The van der Waals surface area contributed by atoms with Crippen LogP contribution in [-0.4, -0.2) is 46.1 Å². The number of thioether (sulfide) groups is 1. The van der Waals surface area contributed by atoms with E-state index in [4.69, 9.17) is 0 Å². The molecule has 1 aliphatic heterocycles. The summed E-state index contributed by atoms with van der Waals surface area (Å²) in [6.45, 7) is 6.99. The van der Waals surface area contributed by atoms with Crippen molar-refractivity contribution in [1.29, 1.82) is 0 Å². The Kier molecular flexibility index (Phi) is 7.36. The van der Waals surface area contributed by atoms with E-state index in [9.17, 15) is 4.79 Å². The molecule has 7 heteroatoms. The molecule has 0 aliphatic carbocycles. The largest absolute Gasteiger partial charge is 0.355 e. The van der Waals surface area contributed by atoms with E-state index in [0.29, 0.717) is 12.5 Å². The van der Waals surface area contributed by atoms with Crippen molar-refractivity contribution in [3.8, 4) is 0 Å². The number of aryl methyl sites for hydroxylation is 1. The Hall–Kier alpha value is -1.08. The average Bonchev–Trinajstić information content (AvgIpc) is 2.93. The van der Waals surface area contributed by atoms with E-state index in [1.807, 2.05) is 6.26 Å². The second-order valence-electron chi connectivity index (χ2n) is 6.50. The number of amides is 1. The van der Waals surface area contributed by atoms with E-state index in [1.54, 1.807) is 11.8 Å². The molecule has 2 rings (SSSR count). The topological polar surface area (TPSA) is 71.8 Å². The first-order chi connectivity index (χ1) is 11.1. The molecule has 2 N–H and O–H groups in total. The van der Waals surface area contributed by atoms with Gasteiger partial charge < -0.3 is 15.2 Å². The first kappa shape index (κ1) is 18.3. The minimum atomic E-state index is -0.00330. The lowest BCUT2D eigenvalue weighted by Crippen LogP contribution is -2.46. The maximum absolute atomic E-state index is 12.1. The third-order valence-electron chi connectivity index (χ3n) is 4.03. The molecular formula is C16H29N5OS. The highest BCUT2D eigenvalue weighted by Gasteiger charge is 2.19. The van der Waals surface area contributed by atoms with E-state index in [0.717, 1.165) is 49.8 Å². The number of aromatic nitrogens is 3. The maximum Gasteiger partial charge on any atom is 0.237 e. The van der Waals surface area contributed by atoms with Crippen LogP contribution in [0.5, 0.6) is 0 Å². The number of carbonyl (C=O) groups excluding carboxylic acids is 1. The lowest BCUT2D eigenvalue weighted by molar-refractivity contribution is -0.123. The Balaban J connectivity index is 1.77. The molecule has 0 bridgehead atoms. The van der Waals surface area contributed by atoms with Crippen molar-refractivity contribution in [3.63, 3.8) is 0 Å². The van der Waals surface area contributed by atoms with Crippen molar-refractivity contribution in [1.82, 2.24) is 25.4 Å². The van der Waals surface area contributed by atoms with Gasteiger partial charge in [0.05, 0.1) is 6.04 Å². The summed E-state index contributed by atoms with van der Waals surface area (Å²) in [4.78, 5) is 12.1. The number of nitrogens with one attached hydrogen (secondary N) is 2. The van der Waals surface area contributed by atoms with Crippen LogP contribution in [0.1, 0.15) is 45.4 Å². The molecule has 23 heavy (non-hydrogen) atoms. The monoisotopic (exact) mass is 339 g/mol. The van der Waals surface area contributed by atoms with Crippen LogP contribution in [-0.2, 0) is 17.8 Å². The molecule has 0 spiro atoms. The molecule has 0 saturated carbocycles. The van der Waals surface area contributed by atoms with Gasteiger partial charge in [0.1, 0.15) is 5.82 Å². The third-order valence-corrected chi connectivity index (χ3v) is 4.69. The van der Waals surface area contributed by atoms with Gasteiger partial charge in [-0.3, -0.25) is 4.79 Å². The highest BCUT2D eigenvalue weighted by Crippen LogP contribution is 2.16. The van der Waals surface area contributed by atoms with Crippen LogP contribution in [0.2, 0.25) is 0 Å². The Morgan fingerprint density at radius 1 is 1.43 bits per heavy atom. The third kappa shape index (κ3) is 5.49. The van der Waals surface area contributed by atoms with Crippen LogP contribution in [0, 0.1) is 5.92 Å². The van der Waals surface area contributed by atoms with Gasteiger partial charge >= 0.3 is 0 Å². The number of hydrogen-bond donors (Lipinski definition) is 2. The molecule has 1 unspecified atom stereocenters. The number of rotatable bonds is 8. The lowest BCUT2D eigenvalue weighted by Gasteiger charge is -2.22. The van der Waals surface area contributed by atoms with Gasteiger partial charge in [-0.1, -0.05) is 32.0 Å². The molecule has 130 valence electrons. The van der Waals surface area contributed by atoms with E-state index in [2.05, 4.69) is 39.2 Å². The summed E-state index contributed by atoms with van der Waals surface area (Å²) in [5, 5.41) is 15.9. The molecular weight excluding hydrogens is 310 g/mol. The van der Waals surface area contributed by atoms with Gasteiger partial charge in [0, 0.05) is 19.5 Å². The van der Waals surface area contributed by atoms with Crippen LogP contribution in [0.25, 0.3) is 0 Å². The molecule has 0 aromatic carbocycles. The van der Waals surface area contributed by atoms with Crippen LogP contribution < -0.4 is 10.6 Å². The molecule has 1 saturated heterocycles. The van der Waals surface area contributed by atoms with Crippen molar-refractivity contribution < 1.29 is 4.79 Å². The zero-order valence-corrected chi connectivity index (χ0v) is 15.3. The number of hydrogen-bond acceptors (Lipinski definition) is 5. The van der Waals surface area contributed by atoms with Gasteiger partial charge in [0.25, 0.3) is 0 Å². The zero-order chi connectivity index (χ0) is 16.7. The Morgan fingerprint density at radius 3 is 2.91 bits per heavy atom. The van der Waals surface area contributed by atoms with Crippen LogP contribution in [0.3, 0.4) is 0 Å². The maximum atomic E-state index is 12.1. The number of piperidine rings is 1. The molecule has 1 aromatic rings. The van der Waals surface area contributed by atoms with Gasteiger partial charge in [-0.05, 0) is 38.0 Å². The predicted molar refractivity (Wildman–Crippen MR) is 93.6 cm³/mol. The van der Waals surface area contributed by atoms with Gasteiger partial charge in [-0.2, -0.15) is 0 Å². The zero-order valence-electron chi connectivity index (χ0n) is 14.5. The van der Waals surface area contributed by atoms with E-state index < -0.39 is 0 Å². The fourth-order valence-electron chi connectivity index (χ4n) is 2.86. The van der Waals surface area contributed by atoms with Crippen molar-refractivity contribution in [2.24, 2.45) is 5.92 Å². The quantitative estimate of drug-likeness (QED) is 0.559. The molecule has 1 fully saturated rings. The average molecular weight is 340 g/mol. The van der Waals surface area contributed by atoms with Gasteiger partial charge in [-0.25, -0.2) is 0 Å². The lowest BCUT2D eigenvalue weighted by atomic mass is 10.0. The molecule has 6 nitrogen and oxygen atoms in total. The summed E-state index contributed by atoms with van der Waals surface area (Å²) < 4.78 is 2.21. The minimum Gasteiger partial charge on any atom is -0.355 e. The molecule has 1 aromatic heterocycles. The van der Waals surface area contributed by atoms with Crippen molar-refractivity contribution >= 4 is 17.7 Å². The fourth-order valence-corrected chi connectivity index (χ4v) is 3.38. The Labute approximate surface area is 143 Å². The first-order valence-corrected chi connectivity index (χ1v) is 9.81. The molecule has 2 heterocycles. The number of carbonyl (C=O) groups is 1. The number of nitrogens with zero attached hydrogens (tertiary/aromatic N) is 3. The van der Waals surface area contributed by atoms with Crippen LogP contribution >= 0.6 is 11.8 Å². The van der Waals surface area contributed by atoms with Gasteiger partial charge in [-0.15, -0.1) is 10.2 Å². The van der Waals surface area contributed by atoms with Gasteiger partial charge in [0.2, 0.25) is 5.91 Å². The summed E-state index contributed by atoms with van der Waals surface area (Å²) in [7, 11) is 0. The fraction of sp³-hybridized carbons (Fsp3) is 0.812. The highest BCUT2D eigenvalue weighted by molar-refractivity contribution is 7.98. The van der Waals surface area contributed by atoms with Gasteiger partial charge in [0.15, 0.2) is 5.16 Å². The smallest absolute Gasteiger partial charge is 0.237 e. The summed E-state index contributed by atoms with van der Waals surface area (Å²) in [5.74, 6) is 1.72. The first-order valence-electron chi connectivity index (χ1n) is 8.59. The minimum absolute atomic E-state index is 0.00330. The molecule has 0 radical (unpaired) electrons. The van der Waals surface area contributed by atoms with Crippen LogP contribution in [0.4, 0.5) is 0 Å². The standard InChI is InChI=1S/C16H29N5OS/c1-12(2)11-21-14(19-20-16(21)23-3)8-6-10-18-15(22)13-7-4-5-9-17-13/h12-13,17H,4-11H2,1-3H3,(H,18,22). The van der Waals surface area contributed by atoms with Crippen molar-refractivity contribution in [2.75, 3.05) is 19.3 Å². The Morgan fingerprint density at radius 2 is 2.26 bits per heavy atom. The summed E-state index contributed by atoms with van der Waals surface area (Å²) >= 11 is 1.63. The normalized spacial score (nSPS) is 18.3. The Bertz CT molecular complexity index is 497. The second kappa shape index (κ2) is 9.27. The van der Waals surface area contributed by atoms with Crippen LogP contribution in [0.15, 0.2) is 5.16 Å². The summed E-state index contributed by atoms with van der Waals surface area (Å²) in [6.07, 6.45) is 7.03. The highest BCUT2D eigenvalue weighted by atomic mass is 32.2. The van der Waals surface area contributed by atoms with E-state index >= 15 is 0 Å². The molecule has 1 amide bonds. The van der Waals surface area contributed by atoms with E-state index in [-0.39, 0.29) is 11.9 Å². The van der Waals surface area contributed by atoms with Crippen molar-refractivity contribution in [3.05, 3.63) is 5.82 Å². The second-order valence-corrected chi connectivity index (χ2v) is 7.28. The van der Waals surface area contributed by atoms with Crippen molar-refractivity contribution in [2.45, 2.75) is 63.7 Å². The SMILES string of the molecule is CSc1nnc(CCCNC(=O)C2CCCCN2)n1CC(C)C. The summed E-state index contributed by atoms with van der Waals surface area (Å²) in [5.41, 5.74) is 0.